The van der Waals surface area contributed by atoms with Gasteiger partial charge < -0.3 is 20.7 Å². The Morgan fingerprint density at radius 3 is 2.63 bits per heavy atom. The fraction of sp³-hybridized carbons (Fsp3) is 0.619. The maximum absolute atomic E-state index is 11.7. The number of nitrogens with one attached hydrogen (secondary N) is 1. The molecule has 0 saturated carbocycles. The monoisotopic (exact) mass is 375 g/mol. The molecule has 3 N–H and O–H groups in total. The zero-order valence-corrected chi connectivity index (χ0v) is 16.9. The van der Waals surface area contributed by atoms with Crippen LogP contribution in [0.15, 0.2) is 24.3 Å². The second-order valence-corrected chi connectivity index (χ2v) is 8.41. The van der Waals surface area contributed by atoms with Crippen molar-refractivity contribution in [2.24, 2.45) is 5.73 Å². The van der Waals surface area contributed by atoms with Crippen molar-refractivity contribution in [3.8, 4) is 0 Å². The molecular formula is C21H33N3O3. The summed E-state index contributed by atoms with van der Waals surface area (Å²) in [5, 5.41) is 2.86. The standard InChI is InChI=1S/C11H13NO.C10H20N2O2/c13-8-12-11-7-3-5-9-4-1-2-6-10(9)11;1-7-5-8(11)6-12(7)9(13)14-10(2,3)4/h1-2,4,6,8,11H,3,5,7H2,(H,12,13);7-8H,5-6,11H2,1-4H3. The molecule has 3 unspecified atom stereocenters. The van der Waals surface area contributed by atoms with Gasteiger partial charge in [0.05, 0.1) is 6.04 Å². The predicted molar refractivity (Wildman–Crippen MR) is 106 cm³/mol. The third-order valence-electron chi connectivity index (χ3n) is 4.87. The first-order valence-electron chi connectivity index (χ1n) is 9.74. The number of rotatable bonds is 2. The van der Waals surface area contributed by atoms with Gasteiger partial charge >= 0.3 is 6.09 Å². The summed E-state index contributed by atoms with van der Waals surface area (Å²) in [5.41, 5.74) is 8.02. The number of fused-ring (bicyclic) bond motifs is 1. The summed E-state index contributed by atoms with van der Waals surface area (Å²) in [5.74, 6) is 0. The summed E-state index contributed by atoms with van der Waals surface area (Å²) in [6, 6.07) is 8.87. The molecule has 6 heteroatoms. The van der Waals surface area contributed by atoms with Crippen LogP contribution in [-0.2, 0) is 16.0 Å². The minimum Gasteiger partial charge on any atom is -0.444 e. The average molecular weight is 376 g/mol. The molecule has 2 aliphatic rings. The highest BCUT2D eigenvalue weighted by molar-refractivity contribution is 5.69. The molecule has 0 aromatic heterocycles. The lowest BCUT2D eigenvalue weighted by Crippen LogP contribution is -2.39. The molecule has 0 radical (unpaired) electrons. The lowest BCUT2D eigenvalue weighted by Gasteiger charge is -2.26. The zero-order valence-electron chi connectivity index (χ0n) is 16.9. The van der Waals surface area contributed by atoms with Crippen molar-refractivity contribution >= 4 is 12.5 Å². The summed E-state index contributed by atoms with van der Waals surface area (Å²) in [7, 11) is 0. The van der Waals surface area contributed by atoms with E-state index in [1.54, 1.807) is 4.90 Å². The van der Waals surface area contributed by atoms with Crippen LogP contribution in [0.5, 0.6) is 0 Å². The Morgan fingerprint density at radius 1 is 1.33 bits per heavy atom. The number of aryl methyl sites for hydroxylation is 1. The fourth-order valence-electron chi connectivity index (χ4n) is 3.66. The van der Waals surface area contributed by atoms with Crippen LogP contribution in [0.25, 0.3) is 0 Å². The number of carbonyl (C=O) groups is 2. The normalized spacial score (nSPS) is 24.3. The predicted octanol–water partition coefficient (Wildman–Crippen LogP) is 3.15. The van der Waals surface area contributed by atoms with Crippen molar-refractivity contribution in [3.05, 3.63) is 35.4 Å². The van der Waals surface area contributed by atoms with Crippen LogP contribution in [0.1, 0.15) is 64.1 Å². The molecule has 1 saturated heterocycles. The number of amides is 2. The van der Waals surface area contributed by atoms with Crippen LogP contribution in [0.4, 0.5) is 4.79 Å². The smallest absolute Gasteiger partial charge is 0.410 e. The average Bonchev–Trinajstić information content (AvgIpc) is 2.93. The van der Waals surface area contributed by atoms with Crippen LogP contribution in [0, 0.1) is 0 Å². The minimum absolute atomic E-state index is 0.0949. The molecule has 3 atom stereocenters. The third-order valence-corrected chi connectivity index (χ3v) is 4.87. The molecular weight excluding hydrogens is 342 g/mol. The minimum atomic E-state index is -0.427. The molecule has 1 aliphatic heterocycles. The van der Waals surface area contributed by atoms with E-state index in [1.807, 2.05) is 33.8 Å². The first kappa shape index (κ1) is 21.2. The second-order valence-electron chi connectivity index (χ2n) is 8.41. The molecule has 1 aromatic carbocycles. The van der Waals surface area contributed by atoms with Gasteiger partial charge in [0, 0.05) is 18.6 Å². The molecule has 1 heterocycles. The molecule has 150 valence electrons. The van der Waals surface area contributed by atoms with Crippen molar-refractivity contribution in [2.75, 3.05) is 6.54 Å². The number of likely N-dealkylation sites (tertiary alicyclic amines) is 1. The summed E-state index contributed by atoms with van der Waals surface area (Å²) >= 11 is 0. The van der Waals surface area contributed by atoms with Gasteiger partial charge in [-0.05, 0) is 64.5 Å². The number of hydrogen-bond donors (Lipinski definition) is 2. The first-order valence-corrected chi connectivity index (χ1v) is 9.74. The number of nitrogens with zero attached hydrogens (tertiary/aromatic N) is 1. The van der Waals surface area contributed by atoms with Gasteiger partial charge in [0.25, 0.3) is 0 Å². The largest absolute Gasteiger partial charge is 0.444 e. The van der Waals surface area contributed by atoms with E-state index in [0.29, 0.717) is 6.54 Å². The Morgan fingerprint density at radius 2 is 2.04 bits per heavy atom. The molecule has 1 fully saturated rings. The van der Waals surface area contributed by atoms with E-state index < -0.39 is 5.60 Å². The van der Waals surface area contributed by atoms with Crippen molar-refractivity contribution < 1.29 is 14.3 Å². The zero-order chi connectivity index (χ0) is 20.0. The summed E-state index contributed by atoms with van der Waals surface area (Å²) in [6.45, 7) is 8.20. The molecule has 2 amide bonds. The van der Waals surface area contributed by atoms with Gasteiger partial charge in [-0.25, -0.2) is 4.79 Å². The molecule has 27 heavy (non-hydrogen) atoms. The van der Waals surface area contributed by atoms with E-state index in [9.17, 15) is 9.59 Å². The van der Waals surface area contributed by atoms with Gasteiger partial charge in [0.1, 0.15) is 5.60 Å². The van der Waals surface area contributed by atoms with Crippen LogP contribution in [0.2, 0.25) is 0 Å². The van der Waals surface area contributed by atoms with E-state index in [4.69, 9.17) is 10.5 Å². The Labute approximate surface area is 162 Å². The van der Waals surface area contributed by atoms with E-state index in [0.717, 1.165) is 25.7 Å². The SMILES string of the molecule is CC1CC(N)CN1C(=O)OC(C)(C)C.O=CNC1CCCc2ccccc21. The lowest BCUT2D eigenvalue weighted by atomic mass is 9.88. The van der Waals surface area contributed by atoms with Crippen molar-refractivity contribution in [1.82, 2.24) is 10.2 Å². The molecule has 1 aromatic rings. The Hall–Kier alpha value is -2.08. The summed E-state index contributed by atoms with van der Waals surface area (Å²) in [6.07, 6.45) is 4.79. The quantitative estimate of drug-likeness (QED) is 0.778. The number of nitrogens with two attached hydrogens (primary N) is 1. The van der Waals surface area contributed by atoms with Gasteiger partial charge in [-0.1, -0.05) is 24.3 Å². The molecule has 0 bridgehead atoms. The first-order chi connectivity index (χ1) is 12.7. The van der Waals surface area contributed by atoms with Crippen molar-refractivity contribution in [3.63, 3.8) is 0 Å². The van der Waals surface area contributed by atoms with Gasteiger partial charge in [-0.15, -0.1) is 0 Å². The highest BCUT2D eigenvalue weighted by Crippen LogP contribution is 2.28. The number of carbonyl (C=O) groups excluding carboxylic acids is 2. The van der Waals surface area contributed by atoms with Crippen LogP contribution < -0.4 is 11.1 Å². The van der Waals surface area contributed by atoms with E-state index in [1.165, 1.54) is 17.5 Å². The number of benzene rings is 1. The van der Waals surface area contributed by atoms with Crippen molar-refractivity contribution in [2.45, 2.75) is 77.1 Å². The van der Waals surface area contributed by atoms with Gasteiger partial charge in [-0.3, -0.25) is 4.79 Å². The Balaban J connectivity index is 0.000000194. The Kier molecular flexibility index (Phi) is 7.25. The van der Waals surface area contributed by atoms with E-state index in [-0.39, 0.29) is 24.2 Å². The lowest BCUT2D eigenvalue weighted by molar-refractivity contribution is -0.110. The van der Waals surface area contributed by atoms with Crippen molar-refractivity contribution in [1.29, 1.82) is 0 Å². The highest BCUT2D eigenvalue weighted by Gasteiger charge is 2.33. The van der Waals surface area contributed by atoms with Gasteiger partial charge in [0.15, 0.2) is 0 Å². The molecule has 6 nitrogen and oxygen atoms in total. The van der Waals surface area contributed by atoms with Crippen LogP contribution in [-0.4, -0.2) is 41.6 Å². The Bertz CT molecular complexity index is 642. The van der Waals surface area contributed by atoms with Gasteiger partial charge in [0.2, 0.25) is 6.41 Å². The topological polar surface area (TPSA) is 84.7 Å². The maximum atomic E-state index is 11.7. The molecule has 0 spiro atoms. The maximum Gasteiger partial charge on any atom is 0.410 e. The number of ether oxygens (including phenoxy) is 1. The van der Waals surface area contributed by atoms with Crippen LogP contribution in [0.3, 0.4) is 0 Å². The number of hydrogen-bond acceptors (Lipinski definition) is 4. The molecule has 3 rings (SSSR count). The molecule has 1 aliphatic carbocycles. The fourth-order valence-corrected chi connectivity index (χ4v) is 3.66. The highest BCUT2D eigenvalue weighted by atomic mass is 16.6. The summed E-state index contributed by atoms with van der Waals surface area (Å²) < 4.78 is 5.27. The van der Waals surface area contributed by atoms with E-state index in [2.05, 4.69) is 23.5 Å². The summed E-state index contributed by atoms with van der Waals surface area (Å²) in [4.78, 5) is 23.7. The van der Waals surface area contributed by atoms with E-state index >= 15 is 0 Å². The second kappa shape index (κ2) is 9.22. The third kappa shape index (κ3) is 6.24. The van der Waals surface area contributed by atoms with Gasteiger partial charge in [-0.2, -0.15) is 0 Å². The van der Waals surface area contributed by atoms with Crippen LogP contribution >= 0.6 is 0 Å².